The zero-order chi connectivity index (χ0) is 9.97. The molecule has 1 aromatic carbocycles. The van der Waals surface area contributed by atoms with E-state index in [1.54, 1.807) is 18.4 Å². The number of rotatable bonds is 3. The Bertz CT molecular complexity index is 461. The Hall–Kier alpha value is -1.19. The molecule has 2 rings (SSSR count). The summed E-state index contributed by atoms with van der Waals surface area (Å²) in [5.41, 5.74) is 0.786. The lowest BCUT2D eigenvalue weighted by molar-refractivity contribution is 0.0994. The first-order valence-corrected chi connectivity index (χ1v) is 5.34. The normalized spacial score (nSPS) is 10.6. The molecule has 0 bridgehead atoms. The summed E-state index contributed by atoms with van der Waals surface area (Å²) in [6, 6.07) is 7.90. The van der Waals surface area contributed by atoms with E-state index in [2.05, 4.69) is 11.4 Å². The summed E-state index contributed by atoms with van der Waals surface area (Å²) in [6.07, 6.45) is 0. The fraction of sp³-hybridized carbons (Fsp3) is 0.182. The molecule has 1 aromatic heterocycles. The maximum atomic E-state index is 11.6. The zero-order valence-electron chi connectivity index (χ0n) is 7.91. The van der Waals surface area contributed by atoms with Gasteiger partial charge in [0, 0.05) is 10.3 Å². The minimum Gasteiger partial charge on any atom is -0.313 e. The van der Waals surface area contributed by atoms with Gasteiger partial charge in [0.05, 0.1) is 6.54 Å². The van der Waals surface area contributed by atoms with Gasteiger partial charge in [-0.1, -0.05) is 12.1 Å². The molecule has 0 saturated heterocycles. The summed E-state index contributed by atoms with van der Waals surface area (Å²) in [6.45, 7) is 0.400. The number of benzene rings is 1. The van der Waals surface area contributed by atoms with Gasteiger partial charge in [0.25, 0.3) is 0 Å². The van der Waals surface area contributed by atoms with Crippen molar-refractivity contribution in [3.63, 3.8) is 0 Å². The summed E-state index contributed by atoms with van der Waals surface area (Å²) in [7, 11) is 1.78. The molecule has 0 spiro atoms. The van der Waals surface area contributed by atoms with E-state index in [4.69, 9.17) is 0 Å². The third-order valence-electron chi connectivity index (χ3n) is 2.12. The van der Waals surface area contributed by atoms with Crippen LogP contribution in [0.15, 0.2) is 29.6 Å². The lowest BCUT2D eigenvalue weighted by Crippen LogP contribution is -2.18. The number of ketones is 1. The molecule has 0 atom stereocenters. The summed E-state index contributed by atoms with van der Waals surface area (Å²) in [5, 5.41) is 6.11. The molecular weight excluding hydrogens is 194 g/mol. The predicted octanol–water partition coefficient (Wildman–Crippen LogP) is 2.30. The third-order valence-corrected chi connectivity index (χ3v) is 3.00. The number of hydrogen-bond acceptors (Lipinski definition) is 3. The Morgan fingerprint density at radius 1 is 1.43 bits per heavy atom. The zero-order valence-corrected chi connectivity index (χ0v) is 8.73. The number of carbonyl (C=O) groups is 1. The van der Waals surface area contributed by atoms with Gasteiger partial charge in [-0.2, -0.15) is 0 Å². The average Bonchev–Trinajstić information content (AvgIpc) is 2.64. The number of hydrogen-bond donors (Lipinski definition) is 1. The highest BCUT2D eigenvalue weighted by Gasteiger charge is 2.05. The Labute approximate surface area is 86.6 Å². The first-order valence-electron chi connectivity index (χ1n) is 4.46. The SMILES string of the molecule is CNCC(=O)c1ccc2ccsc2c1. The fourth-order valence-electron chi connectivity index (χ4n) is 1.39. The van der Waals surface area contributed by atoms with E-state index >= 15 is 0 Å². The third kappa shape index (κ3) is 1.69. The lowest BCUT2D eigenvalue weighted by atomic mass is 10.1. The maximum Gasteiger partial charge on any atom is 0.176 e. The molecule has 0 radical (unpaired) electrons. The van der Waals surface area contributed by atoms with Crippen molar-refractivity contribution in [3.8, 4) is 0 Å². The van der Waals surface area contributed by atoms with Gasteiger partial charge < -0.3 is 5.32 Å². The first-order chi connectivity index (χ1) is 6.81. The van der Waals surface area contributed by atoms with Crippen LogP contribution in [-0.4, -0.2) is 19.4 Å². The van der Waals surface area contributed by atoms with Crippen LogP contribution in [0.25, 0.3) is 10.1 Å². The molecule has 0 amide bonds. The highest BCUT2D eigenvalue weighted by Crippen LogP contribution is 2.21. The Kier molecular flexibility index (Phi) is 2.61. The van der Waals surface area contributed by atoms with Gasteiger partial charge in [-0.05, 0) is 29.9 Å². The average molecular weight is 205 g/mol. The first kappa shape index (κ1) is 9.37. The van der Waals surface area contributed by atoms with Gasteiger partial charge in [0.1, 0.15) is 0 Å². The van der Waals surface area contributed by atoms with Crippen LogP contribution in [0.1, 0.15) is 10.4 Å². The molecule has 0 aliphatic carbocycles. The number of fused-ring (bicyclic) bond motifs is 1. The fourth-order valence-corrected chi connectivity index (χ4v) is 2.22. The van der Waals surface area contributed by atoms with Crippen molar-refractivity contribution >= 4 is 27.2 Å². The lowest BCUT2D eigenvalue weighted by Gasteiger charge is -1.99. The summed E-state index contributed by atoms with van der Waals surface area (Å²) >= 11 is 1.66. The van der Waals surface area contributed by atoms with Crippen LogP contribution in [0.4, 0.5) is 0 Å². The molecule has 2 nitrogen and oxygen atoms in total. The second-order valence-corrected chi connectivity index (χ2v) is 4.07. The van der Waals surface area contributed by atoms with Crippen LogP contribution >= 0.6 is 11.3 Å². The van der Waals surface area contributed by atoms with E-state index in [0.717, 1.165) is 5.56 Å². The summed E-state index contributed by atoms with van der Waals surface area (Å²) < 4.78 is 1.17. The van der Waals surface area contributed by atoms with E-state index in [-0.39, 0.29) is 5.78 Å². The van der Waals surface area contributed by atoms with Crippen LogP contribution in [0.2, 0.25) is 0 Å². The van der Waals surface area contributed by atoms with Crippen molar-refractivity contribution in [2.45, 2.75) is 0 Å². The summed E-state index contributed by atoms with van der Waals surface area (Å²) in [4.78, 5) is 11.6. The Balaban J connectivity index is 2.38. The monoisotopic (exact) mass is 205 g/mol. The van der Waals surface area contributed by atoms with Crippen molar-refractivity contribution in [1.29, 1.82) is 0 Å². The second-order valence-electron chi connectivity index (χ2n) is 3.13. The molecule has 3 heteroatoms. The van der Waals surface area contributed by atoms with Gasteiger partial charge in [0.15, 0.2) is 5.78 Å². The van der Waals surface area contributed by atoms with Crippen LogP contribution in [-0.2, 0) is 0 Å². The van der Waals surface area contributed by atoms with E-state index in [0.29, 0.717) is 6.54 Å². The van der Waals surface area contributed by atoms with E-state index in [1.807, 2.05) is 23.6 Å². The van der Waals surface area contributed by atoms with Crippen LogP contribution in [0.5, 0.6) is 0 Å². The molecule has 1 heterocycles. The van der Waals surface area contributed by atoms with Crippen molar-refractivity contribution in [2.24, 2.45) is 0 Å². The van der Waals surface area contributed by atoms with Gasteiger partial charge in [-0.25, -0.2) is 0 Å². The summed E-state index contributed by atoms with van der Waals surface area (Å²) in [5.74, 6) is 0.141. The topological polar surface area (TPSA) is 29.1 Å². The number of carbonyl (C=O) groups excluding carboxylic acids is 1. The minimum atomic E-state index is 0.141. The molecule has 1 N–H and O–H groups in total. The van der Waals surface area contributed by atoms with Gasteiger partial charge in [-0.3, -0.25) is 4.79 Å². The standard InChI is InChI=1S/C11H11NOS/c1-12-7-10(13)9-3-2-8-4-5-14-11(8)6-9/h2-6,12H,7H2,1H3. The highest BCUT2D eigenvalue weighted by molar-refractivity contribution is 7.17. The van der Waals surface area contributed by atoms with Crippen LogP contribution in [0, 0.1) is 0 Å². The molecule has 0 saturated carbocycles. The number of thiophene rings is 1. The number of likely N-dealkylation sites (N-methyl/N-ethyl adjacent to an activating group) is 1. The second kappa shape index (κ2) is 3.90. The Morgan fingerprint density at radius 2 is 2.29 bits per heavy atom. The van der Waals surface area contributed by atoms with Crippen molar-refractivity contribution < 1.29 is 4.79 Å². The molecule has 0 fully saturated rings. The van der Waals surface area contributed by atoms with Crippen LogP contribution < -0.4 is 5.32 Å². The van der Waals surface area contributed by atoms with Crippen molar-refractivity contribution in [1.82, 2.24) is 5.32 Å². The van der Waals surface area contributed by atoms with Gasteiger partial charge in [-0.15, -0.1) is 11.3 Å². The molecular formula is C11H11NOS. The predicted molar refractivity (Wildman–Crippen MR) is 60.1 cm³/mol. The minimum absolute atomic E-state index is 0.141. The largest absolute Gasteiger partial charge is 0.313 e. The molecule has 72 valence electrons. The Morgan fingerprint density at radius 3 is 3.07 bits per heavy atom. The van der Waals surface area contributed by atoms with Crippen molar-refractivity contribution in [2.75, 3.05) is 13.6 Å². The molecule has 0 aliphatic heterocycles. The van der Waals surface area contributed by atoms with Crippen molar-refractivity contribution in [3.05, 3.63) is 35.2 Å². The smallest absolute Gasteiger partial charge is 0.176 e. The van der Waals surface area contributed by atoms with E-state index in [9.17, 15) is 4.79 Å². The molecule has 0 unspecified atom stereocenters. The molecule has 14 heavy (non-hydrogen) atoms. The number of Topliss-reactive ketones (excluding diaryl/α,β-unsaturated/α-hetero) is 1. The molecule has 0 aliphatic rings. The van der Waals surface area contributed by atoms with Crippen LogP contribution in [0.3, 0.4) is 0 Å². The quantitative estimate of drug-likeness (QED) is 0.779. The van der Waals surface area contributed by atoms with Gasteiger partial charge in [0.2, 0.25) is 0 Å². The van der Waals surface area contributed by atoms with E-state index < -0.39 is 0 Å². The maximum absolute atomic E-state index is 11.6. The molecule has 2 aromatic rings. The highest BCUT2D eigenvalue weighted by atomic mass is 32.1. The number of nitrogens with one attached hydrogen (secondary N) is 1. The van der Waals surface area contributed by atoms with Gasteiger partial charge >= 0.3 is 0 Å². The van der Waals surface area contributed by atoms with E-state index in [1.165, 1.54) is 10.1 Å².